The van der Waals surface area contributed by atoms with Crippen LogP contribution in [0.2, 0.25) is 0 Å². The molecule has 0 heterocycles. The number of hydrogen-bond acceptors (Lipinski definition) is 1. The largest absolute Gasteiger partial charge is 0.366 e. The standard InChI is InChI=1S/C11H13NO/c1-8-3-4-9(2)10(7-8)5-6-11(12)13/h3-7H,1-2H3,(H2,12,13). The van der Waals surface area contributed by atoms with Gasteiger partial charge in [-0.3, -0.25) is 4.79 Å². The molecular formula is C11H13NO. The Morgan fingerprint density at radius 3 is 2.69 bits per heavy atom. The summed E-state index contributed by atoms with van der Waals surface area (Å²) in [5.74, 6) is -0.416. The van der Waals surface area contributed by atoms with Crippen molar-refractivity contribution < 1.29 is 4.79 Å². The normalized spacial score (nSPS) is 10.6. The van der Waals surface area contributed by atoms with E-state index < -0.39 is 5.91 Å². The third-order valence-corrected chi connectivity index (χ3v) is 1.86. The first-order valence-corrected chi connectivity index (χ1v) is 4.14. The van der Waals surface area contributed by atoms with E-state index in [9.17, 15) is 4.79 Å². The number of carbonyl (C=O) groups excluding carboxylic acids is 1. The first-order chi connectivity index (χ1) is 6.09. The minimum Gasteiger partial charge on any atom is -0.366 e. The zero-order valence-electron chi connectivity index (χ0n) is 7.87. The Balaban J connectivity index is 3.00. The lowest BCUT2D eigenvalue weighted by atomic mass is 10.1. The van der Waals surface area contributed by atoms with Gasteiger partial charge in [0.1, 0.15) is 0 Å². The van der Waals surface area contributed by atoms with E-state index >= 15 is 0 Å². The van der Waals surface area contributed by atoms with E-state index in [2.05, 4.69) is 0 Å². The van der Waals surface area contributed by atoms with Gasteiger partial charge in [-0.15, -0.1) is 0 Å². The van der Waals surface area contributed by atoms with Crippen LogP contribution in [0.3, 0.4) is 0 Å². The van der Waals surface area contributed by atoms with Crippen molar-refractivity contribution in [2.75, 3.05) is 0 Å². The summed E-state index contributed by atoms with van der Waals surface area (Å²) in [6, 6.07) is 6.09. The molecule has 0 atom stereocenters. The van der Waals surface area contributed by atoms with Crippen molar-refractivity contribution in [3.8, 4) is 0 Å². The highest BCUT2D eigenvalue weighted by Crippen LogP contribution is 2.11. The van der Waals surface area contributed by atoms with Gasteiger partial charge in [0.05, 0.1) is 0 Å². The Morgan fingerprint density at radius 2 is 2.08 bits per heavy atom. The van der Waals surface area contributed by atoms with Gasteiger partial charge in [0.25, 0.3) is 0 Å². The van der Waals surface area contributed by atoms with Gasteiger partial charge >= 0.3 is 0 Å². The van der Waals surface area contributed by atoms with Crippen molar-refractivity contribution in [2.24, 2.45) is 5.73 Å². The maximum Gasteiger partial charge on any atom is 0.241 e. The number of rotatable bonds is 2. The Bertz CT molecular complexity index is 353. The van der Waals surface area contributed by atoms with E-state index in [0.29, 0.717) is 0 Å². The summed E-state index contributed by atoms with van der Waals surface area (Å²) < 4.78 is 0. The second-order valence-corrected chi connectivity index (χ2v) is 3.10. The number of hydrogen-bond donors (Lipinski definition) is 1. The van der Waals surface area contributed by atoms with Crippen LogP contribution in [0.25, 0.3) is 6.08 Å². The van der Waals surface area contributed by atoms with Crippen LogP contribution < -0.4 is 5.73 Å². The summed E-state index contributed by atoms with van der Waals surface area (Å²) >= 11 is 0. The van der Waals surface area contributed by atoms with Crippen molar-refractivity contribution in [1.29, 1.82) is 0 Å². The van der Waals surface area contributed by atoms with Crippen LogP contribution in [0.4, 0.5) is 0 Å². The average Bonchev–Trinajstić information content (AvgIpc) is 2.06. The first-order valence-electron chi connectivity index (χ1n) is 4.14. The lowest BCUT2D eigenvalue weighted by molar-refractivity contribution is -0.113. The van der Waals surface area contributed by atoms with Crippen LogP contribution in [-0.2, 0) is 4.79 Å². The summed E-state index contributed by atoms with van der Waals surface area (Å²) in [5.41, 5.74) is 8.36. The number of carbonyl (C=O) groups is 1. The molecule has 0 saturated carbocycles. The molecule has 2 heteroatoms. The molecule has 1 aromatic rings. The molecule has 68 valence electrons. The molecule has 0 aromatic heterocycles. The molecule has 1 amide bonds. The van der Waals surface area contributed by atoms with Crippen LogP contribution in [0.5, 0.6) is 0 Å². The van der Waals surface area contributed by atoms with Gasteiger partial charge in [-0.2, -0.15) is 0 Å². The fourth-order valence-electron chi connectivity index (χ4n) is 1.11. The number of amides is 1. The summed E-state index contributed by atoms with van der Waals surface area (Å²) in [6.45, 7) is 4.02. The van der Waals surface area contributed by atoms with Crippen molar-refractivity contribution >= 4 is 12.0 Å². The molecule has 0 aliphatic carbocycles. The molecule has 1 aromatic carbocycles. The number of benzene rings is 1. The second-order valence-electron chi connectivity index (χ2n) is 3.10. The number of nitrogens with two attached hydrogens (primary N) is 1. The Hall–Kier alpha value is -1.57. The highest BCUT2D eigenvalue weighted by atomic mass is 16.1. The predicted octanol–water partition coefficient (Wildman–Crippen LogP) is 1.80. The van der Waals surface area contributed by atoms with Crippen molar-refractivity contribution in [3.63, 3.8) is 0 Å². The quantitative estimate of drug-likeness (QED) is 0.684. The van der Waals surface area contributed by atoms with E-state index in [4.69, 9.17) is 5.73 Å². The lowest BCUT2D eigenvalue weighted by Gasteiger charge is -2.00. The summed E-state index contributed by atoms with van der Waals surface area (Å²) in [4.78, 5) is 10.5. The maximum atomic E-state index is 10.5. The average molecular weight is 175 g/mol. The van der Waals surface area contributed by atoms with Gasteiger partial charge in [-0.05, 0) is 31.1 Å². The molecule has 0 spiro atoms. The summed E-state index contributed by atoms with van der Waals surface area (Å²) in [5, 5.41) is 0. The van der Waals surface area contributed by atoms with Gasteiger partial charge < -0.3 is 5.73 Å². The van der Waals surface area contributed by atoms with Gasteiger partial charge in [0, 0.05) is 6.08 Å². The van der Waals surface area contributed by atoms with Crippen LogP contribution in [-0.4, -0.2) is 5.91 Å². The Labute approximate surface area is 78.1 Å². The minimum absolute atomic E-state index is 0.416. The van der Waals surface area contributed by atoms with Crippen LogP contribution >= 0.6 is 0 Å². The molecule has 0 aliphatic heterocycles. The van der Waals surface area contributed by atoms with Crippen molar-refractivity contribution in [1.82, 2.24) is 0 Å². The minimum atomic E-state index is -0.416. The third-order valence-electron chi connectivity index (χ3n) is 1.86. The fraction of sp³-hybridized carbons (Fsp3) is 0.182. The number of primary amides is 1. The van der Waals surface area contributed by atoms with E-state index in [1.54, 1.807) is 6.08 Å². The van der Waals surface area contributed by atoms with Crippen LogP contribution in [0, 0.1) is 13.8 Å². The van der Waals surface area contributed by atoms with Crippen LogP contribution in [0.1, 0.15) is 16.7 Å². The van der Waals surface area contributed by atoms with Gasteiger partial charge in [0.2, 0.25) is 5.91 Å². The van der Waals surface area contributed by atoms with E-state index in [1.165, 1.54) is 11.6 Å². The topological polar surface area (TPSA) is 43.1 Å². The molecule has 0 bridgehead atoms. The molecule has 2 nitrogen and oxygen atoms in total. The van der Waals surface area contributed by atoms with E-state index in [0.717, 1.165) is 11.1 Å². The molecule has 0 saturated heterocycles. The highest BCUT2D eigenvalue weighted by molar-refractivity contribution is 5.90. The molecular weight excluding hydrogens is 162 g/mol. The number of aryl methyl sites for hydroxylation is 2. The van der Waals surface area contributed by atoms with Crippen LogP contribution in [0.15, 0.2) is 24.3 Å². The zero-order valence-corrected chi connectivity index (χ0v) is 7.87. The molecule has 13 heavy (non-hydrogen) atoms. The SMILES string of the molecule is Cc1ccc(C)c(C=CC(N)=O)c1. The Kier molecular flexibility index (Phi) is 2.85. The third kappa shape index (κ3) is 2.75. The monoisotopic (exact) mass is 175 g/mol. The summed E-state index contributed by atoms with van der Waals surface area (Å²) in [6.07, 6.45) is 3.12. The lowest BCUT2D eigenvalue weighted by Crippen LogP contribution is -2.05. The Morgan fingerprint density at radius 1 is 1.38 bits per heavy atom. The van der Waals surface area contributed by atoms with Gasteiger partial charge in [0.15, 0.2) is 0 Å². The fourth-order valence-corrected chi connectivity index (χ4v) is 1.11. The molecule has 0 aliphatic rings. The molecule has 0 fully saturated rings. The summed E-state index contributed by atoms with van der Waals surface area (Å²) in [7, 11) is 0. The molecule has 0 unspecified atom stereocenters. The highest BCUT2D eigenvalue weighted by Gasteiger charge is 1.94. The first kappa shape index (κ1) is 9.52. The van der Waals surface area contributed by atoms with E-state index in [1.807, 2.05) is 32.0 Å². The molecule has 2 N–H and O–H groups in total. The van der Waals surface area contributed by atoms with Gasteiger partial charge in [-0.25, -0.2) is 0 Å². The van der Waals surface area contributed by atoms with E-state index in [-0.39, 0.29) is 0 Å². The molecule has 0 radical (unpaired) electrons. The van der Waals surface area contributed by atoms with Crippen molar-refractivity contribution in [3.05, 3.63) is 41.0 Å². The maximum absolute atomic E-state index is 10.5. The smallest absolute Gasteiger partial charge is 0.241 e. The van der Waals surface area contributed by atoms with Crippen molar-refractivity contribution in [2.45, 2.75) is 13.8 Å². The molecule has 1 rings (SSSR count). The second kappa shape index (κ2) is 3.90. The van der Waals surface area contributed by atoms with Gasteiger partial charge in [-0.1, -0.05) is 23.8 Å². The predicted molar refractivity (Wildman–Crippen MR) is 54.1 cm³/mol. The zero-order chi connectivity index (χ0) is 9.84.